The van der Waals surface area contributed by atoms with E-state index < -0.39 is 22.1 Å². The number of hydrogen-bond acceptors (Lipinski definition) is 6. The lowest BCUT2D eigenvalue weighted by atomic mass is 10.1. The van der Waals surface area contributed by atoms with Crippen molar-refractivity contribution in [1.82, 2.24) is 0 Å². The molecule has 0 radical (unpaired) electrons. The van der Waals surface area contributed by atoms with Crippen LogP contribution in [-0.2, 0) is 14.9 Å². The summed E-state index contributed by atoms with van der Waals surface area (Å²) in [5.41, 5.74) is 16.2. The molecule has 0 aliphatic rings. The molecule has 8 nitrogen and oxygen atoms in total. The Bertz CT molecular complexity index is 530. The molecule has 1 rings (SSSR count). The van der Waals surface area contributed by atoms with Gasteiger partial charge in [0.1, 0.15) is 6.04 Å². The molecule has 8 N–H and O–H groups in total. The summed E-state index contributed by atoms with van der Waals surface area (Å²) in [4.78, 5) is 9.99. The number of benzene rings is 1. The van der Waals surface area contributed by atoms with Crippen LogP contribution in [0.25, 0.3) is 0 Å². The molecule has 120 valence electrons. The van der Waals surface area contributed by atoms with Crippen LogP contribution in [0.1, 0.15) is 19.3 Å². The quantitative estimate of drug-likeness (QED) is 0.278. The molecule has 0 spiro atoms. The van der Waals surface area contributed by atoms with Gasteiger partial charge in [0.2, 0.25) is 0 Å². The average Bonchev–Trinajstić information content (AvgIpc) is 2.39. The molecule has 1 aromatic rings. The third-order valence-electron chi connectivity index (χ3n) is 2.46. The molecule has 0 aromatic heterocycles. The molecule has 21 heavy (non-hydrogen) atoms. The largest absolute Gasteiger partial charge is 0.480 e. The van der Waals surface area contributed by atoms with Gasteiger partial charge in [-0.15, -0.1) is 0 Å². The Kier molecular flexibility index (Phi) is 8.55. The van der Waals surface area contributed by atoms with Gasteiger partial charge in [-0.1, -0.05) is 6.42 Å². The highest BCUT2D eigenvalue weighted by atomic mass is 32.2. The fourth-order valence-corrected chi connectivity index (χ4v) is 1.75. The van der Waals surface area contributed by atoms with Crippen molar-refractivity contribution in [2.75, 3.05) is 12.3 Å². The SMILES string of the molecule is NCCCC[C@H](N)C(=O)O.Nc1ccc(S(=O)(=O)O)cc1. The van der Waals surface area contributed by atoms with Crippen LogP contribution in [0, 0.1) is 0 Å². The molecule has 0 amide bonds. The topological polar surface area (TPSA) is 170 Å². The first-order chi connectivity index (χ1) is 9.68. The summed E-state index contributed by atoms with van der Waals surface area (Å²) in [7, 11) is -4.08. The number of unbranched alkanes of at least 4 members (excludes halogenated alkanes) is 1. The zero-order valence-corrected chi connectivity index (χ0v) is 12.3. The van der Waals surface area contributed by atoms with E-state index in [1.54, 1.807) is 0 Å². The van der Waals surface area contributed by atoms with E-state index in [0.717, 1.165) is 12.8 Å². The minimum atomic E-state index is -4.08. The highest BCUT2D eigenvalue weighted by molar-refractivity contribution is 7.85. The number of anilines is 1. The van der Waals surface area contributed by atoms with Gasteiger partial charge < -0.3 is 22.3 Å². The molecular formula is C12H21N3O5S. The molecule has 0 heterocycles. The third kappa shape index (κ3) is 8.97. The van der Waals surface area contributed by atoms with Gasteiger partial charge in [-0.3, -0.25) is 9.35 Å². The van der Waals surface area contributed by atoms with E-state index in [0.29, 0.717) is 18.7 Å². The molecule has 0 aliphatic carbocycles. The van der Waals surface area contributed by atoms with Gasteiger partial charge in [-0.05, 0) is 43.7 Å². The maximum atomic E-state index is 10.5. The lowest BCUT2D eigenvalue weighted by Crippen LogP contribution is -2.29. The number of carbonyl (C=O) groups is 1. The molecular weight excluding hydrogens is 298 g/mol. The van der Waals surface area contributed by atoms with Gasteiger partial charge in [0.25, 0.3) is 10.1 Å². The van der Waals surface area contributed by atoms with Crippen LogP contribution in [-0.4, -0.2) is 36.6 Å². The molecule has 0 unspecified atom stereocenters. The molecule has 1 atom stereocenters. The van der Waals surface area contributed by atoms with Crippen LogP contribution in [0.15, 0.2) is 29.2 Å². The third-order valence-corrected chi connectivity index (χ3v) is 3.33. The maximum Gasteiger partial charge on any atom is 0.320 e. The summed E-state index contributed by atoms with van der Waals surface area (Å²) < 4.78 is 29.4. The van der Waals surface area contributed by atoms with Crippen molar-refractivity contribution in [3.05, 3.63) is 24.3 Å². The van der Waals surface area contributed by atoms with Crippen molar-refractivity contribution in [3.63, 3.8) is 0 Å². The molecule has 0 saturated carbocycles. The predicted octanol–water partition coefficient (Wildman–Crippen LogP) is 0.0428. The lowest BCUT2D eigenvalue weighted by Gasteiger charge is -2.03. The van der Waals surface area contributed by atoms with Gasteiger partial charge >= 0.3 is 5.97 Å². The Balaban J connectivity index is 0.000000384. The minimum Gasteiger partial charge on any atom is -0.480 e. The summed E-state index contributed by atoms with van der Waals surface area (Å²) in [5, 5.41) is 8.33. The van der Waals surface area contributed by atoms with E-state index in [4.69, 9.17) is 26.9 Å². The van der Waals surface area contributed by atoms with Crippen LogP contribution in [0.2, 0.25) is 0 Å². The van der Waals surface area contributed by atoms with Gasteiger partial charge in [-0.25, -0.2) is 0 Å². The fraction of sp³-hybridized carbons (Fsp3) is 0.417. The van der Waals surface area contributed by atoms with E-state index in [9.17, 15) is 13.2 Å². The van der Waals surface area contributed by atoms with E-state index in [1.807, 2.05) is 0 Å². The summed E-state index contributed by atoms with van der Waals surface area (Å²) in [6.45, 7) is 0.604. The fourth-order valence-electron chi connectivity index (χ4n) is 1.27. The van der Waals surface area contributed by atoms with Crippen molar-refractivity contribution in [1.29, 1.82) is 0 Å². The Labute approximate surface area is 123 Å². The minimum absolute atomic E-state index is 0.147. The van der Waals surface area contributed by atoms with Gasteiger partial charge in [-0.2, -0.15) is 8.42 Å². The van der Waals surface area contributed by atoms with Crippen LogP contribution >= 0.6 is 0 Å². The maximum absolute atomic E-state index is 10.5. The van der Waals surface area contributed by atoms with Crippen LogP contribution in [0.4, 0.5) is 5.69 Å². The highest BCUT2D eigenvalue weighted by Crippen LogP contribution is 2.10. The first kappa shape index (κ1) is 19.3. The first-order valence-corrected chi connectivity index (χ1v) is 7.64. The van der Waals surface area contributed by atoms with Crippen LogP contribution in [0.3, 0.4) is 0 Å². The standard InChI is InChI=1S/C6H14N2O2.C6H7NO3S/c7-4-2-1-3-5(8)6(9)10;7-5-1-3-6(4-2-5)11(8,9)10/h5H,1-4,7-8H2,(H,9,10);1-4H,7H2,(H,8,9,10)/t5-;/m0./s1. The number of nitrogens with two attached hydrogens (primary N) is 3. The Hall–Kier alpha value is -1.68. The second-order valence-corrected chi connectivity index (χ2v) is 5.69. The van der Waals surface area contributed by atoms with Crippen LogP contribution < -0.4 is 17.2 Å². The first-order valence-electron chi connectivity index (χ1n) is 6.20. The van der Waals surface area contributed by atoms with Crippen LogP contribution in [0.5, 0.6) is 0 Å². The average molecular weight is 319 g/mol. The van der Waals surface area contributed by atoms with Crippen molar-refractivity contribution in [2.24, 2.45) is 11.5 Å². The van der Waals surface area contributed by atoms with Gasteiger partial charge in [0, 0.05) is 5.69 Å². The summed E-state index contributed by atoms with van der Waals surface area (Å²) in [6.07, 6.45) is 2.16. The van der Waals surface area contributed by atoms with Crippen molar-refractivity contribution in [3.8, 4) is 0 Å². The number of carboxylic acid groups (broad SMARTS) is 1. The zero-order chi connectivity index (χ0) is 16.5. The van der Waals surface area contributed by atoms with E-state index >= 15 is 0 Å². The Morgan fingerprint density at radius 3 is 2.10 bits per heavy atom. The molecule has 0 bridgehead atoms. The van der Waals surface area contributed by atoms with Gasteiger partial charge in [0.15, 0.2) is 0 Å². The monoisotopic (exact) mass is 319 g/mol. The summed E-state index contributed by atoms with van der Waals surface area (Å²) in [5.74, 6) is -0.933. The number of carboxylic acids is 1. The van der Waals surface area contributed by atoms with Gasteiger partial charge in [0.05, 0.1) is 4.90 Å². The molecule has 0 aliphatic heterocycles. The smallest absolute Gasteiger partial charge is 0.320 e. The molecule has 0 saturated heterocycles. The van der Waals surface area contributed by atoms with E-state index in [-0.39, 0.29) is 4.90 Å². The summed E-state index contributed by atoms with van der Waals surface area (Å²) in [6, 6.07) is 4.58. The van der Waals surface area contributed by atoms with Crippen molar-refractivity contribution in [2.45, 2.75) is 30.2 Å². The summed E-state index contributed by atoms with van der Waals surface area (Å²) >= 11 is 0. The molecule has 9 heteroatoms. The molecule has 1 aromatic carbocycles. The lowest BCUT2D eigenvalue weighted by molar-refractivity contribution is -0.138. The second kappa shape index (κ2) is 9.29. The number of hydrogen-bond donors (Lipinski definition) is 5. The van der Waals surface area contributed by atoms with E-state index in [1.165, 1.54) is 24.3 Å². The Morgan fingerprint density at radius 1 is 1.19 bits per heavy atom. The number of rotatable bonds is 6. The second-order valence-electron chi connectivity index (χ2n) is 4.27. The predicted molar refractivity (Wildman–Crippen MR) is 79.2 cm³/mol. The number of aliphatic carboxylic acids is 1. The number of nitrogen functional groups attached to an aromatic ring is 1. The normalized spacial score (nSPS) is 12.1. The van der Waals surface area contributed by atoms with Crippen molar-refractivity contribution >= 4 is 21.8 Å². The highest BCUT2D eigenvalue weighted by Gasteiger charge is 2.09. The zero-order valence-electron chi connectivity index (χ0n) is 11.5. The van der Waals surface area contributed by atoms with Crippen molar-refractivity contribution < 1.29 is 22.9 Å². The molecule has 0 fully saturated rings. The van der Waals surface area contributed by atoms with E-state index in [2.05, 4.69) is 0 Å². The Morgan fingerprint density at radius 2 is 1.71 bits per heavy atom.